The van der Waals surface area contributed by atoms with Crippen LogP contribution in [0, 0.1) is 0 Å². The minimum Gasteiger partial charge on any atom is -0.490 e. The molecule has 0 aliphatic carbocycles. The van der Waals surface area contributed by atoms with Crippen LogP contribution in [0.3, 0.4) is 0 Å². The third-order valence-corrected chi connectivity index (χ3v) is 4.34. The molecule has 0 saturated heterocycles. The quantitative estimate of drug-likeness (QED) is 0.779. The molecule has 5 heteroatoms. The monoisotopic (exact) mass is 338 g/mol. The Morgan fingerprint density at radius 2 is 1.89 bits per heavy atom. The Morgan fingerprint density at radius 3 is 2.63 bits per heavy atom. The largest absolute Gasteiger partial charge is 0.490 e. The van der Waals surface area contributed by atoms with Crippen molar-refractivity contribution < 1.29 is 14.3 Å². The third kappa shape index (κ3) is 2.67. The van der Waals surface area contributed by atoms with Gasteiger partial charge in [0.05, 0.1) is 17.0 Å². The second kappa shape index (κ2) is 5.35. The number of ketones is 1. The summed E-state index contributed by atoms with van der Waals surface area (Å²) in [6.07, 6.45) is 0.857. The zero-order valence-corrected chi connectivity index (χ0v) is 12.4. The molecule has 0 amide bonds. The molecule has 2 heterocycles. The topological polar surface area (TPSA) is 35.5 Å². The first-order valence-electron chi connectivity index (χ1n) is 5.92. The van der Waals surface area contributed by atoms with E-state index >= 15 is 0 Å². The number of ether oxygens (including phenoxy) is 2. The molecule has 0 atom stereocenters. The summed E-state index contributed by atoms with van der Waals surface area (Å²) in [5.41, 5.74) is 1.31. The van der Waals surface area contributed by atoms with Crippen molar-refractivity contribution in [1.82, 2.24) is 0 Å². The summed E-state index contributed by atoms with van der Waals surface area (Å²) in [6, 6.07) is 7.17. The zero-order chi connectivity index (χ0) is 13.2. The number of rotatable bonds is 2. The maximum atomic E-state index is 12.3. The summed E-state index contributed by atoms with van der Waals surface area (Å²) in [5.74, 6) is 1.36. The molecule has 0 bridgehead atoms. The Labute approximate surface area is 123 Å². The first kappa shape index (κ1) is 12.7. The van der Waals surface area contributed by atoms with Crippen molar-refractivity contribution in [3.63, 3.8) is 0 Å². The van der Waals surface area contributed by atoms with Crippen LogP contribution in [0.15, 0.2) is 33.4 Å². The van der Waals surface area contributed by atoms with Gasteiger partial charge in [0.2, 0.25) is 0 Å². The van der Waals surface area contributed by atoms with Gasteiger partial charge in [0, 0.05) is 22.9 Å². The van der Waals surface area contributed by atoms with Crippen LogP contribution in [0.1, 0.15) is 22.3 Å². The summed E-state index contributed by atoms with van der Waals surface area (Å²) in [6.45, 7) is 1.27. The van der Waals surface area contributed by atoms with E-state index in [1.165, 1.54) is 11.3 Å². The van der Waals surface area contributed by atoms with Crippen LogP contribution in [-0.4, -0.2) is 19.0 Å². The number of hydrogen-bond acceptors (Lipinski definition) is 4. The van der Waals surface area contributed by atoms with Gasteiger partial charge in [-0.1, -0.05) is 0 Å². The highest BCUT2D eigenvalue weighted by atomic mass is 79.9. The first-order valence-corrected chi connectivity index (χ1v) is 7.60. The number of thiophene rings is 1. The maximum absolute atomic E-state index is 12.3. The van der Waals surface area contributed by atoms with Crippen LogP contribution in [-0.2, 0) is 0 Å². The van der Waals surface area contributed by atoms with E-state index in [-0.39, 0.29) is 5.78 Å². The Bertz CT molecular complexity index is 621. The smallest absolute Gasteiger partial charge is 0.194 e. The molecular weight excluding hydrogens is 328 g/mol. The molecule has 0 spiro atoms. The average Bonchev–Trinajstić information content (AvgIpc) is 2.72. The van der Waals surface area contributed by atoms with Crippen LogP contribution in [0.25, 0.3) is 0 Å². The first-order chi connectivity index (χ1) is 9.24. The molecular formula is C14H11BrO3S. The number of hydrogen-bond donors (Lipinski definition) is 0. The van der Waals surface area contributed by atoms with Crippen molar-refractivity contribution in [2.75, 3.05) is 13.2 Å². The van der Waals surface area contributed by atoms with Crippen LogP contribution in [0.2, 0.25) is 0 Å². The van der Waals surface area contributed by atoms with Gasteiger partial charge in [-0.05, 0) is 40.2 Å². The predicted molar refractivity (Wildman–Crippen MR) is 77.5 cm³/mol. The van der Waals surface area contributed by atoms with Gasteiger partial charge in [0.25, 0.3) is 0 Å². The minimum atomic E-state index is -0.00223. The molecule has 3 rings (SSSR count). The van der Waals surface area contributed by atoms with Crippen LogP contribution in [0.4, 0.5) is 0 Å². The van der Waals surface area contributed by atoms with E-state index in [4.69, 9.17) is 9.47 Å². The third-order valence-electron chi connectivity index (χ3n) is 2.84. The number of carbonyl (C=O) groups excluding carboxylic acids is 1. The van der Waals surface area contributed by atoms with E-state index in [0.29, 0.717) is 35.8 Å². The molecule has 1 aliphatic rings. The molecule has 0 radical (unpaired) electrons. The average molecular weight is 339 g/mol. The summed E-state index contributed by atoms with van der Waals surface area (Å²) in [7, 11) is 0. The van der Waals surface area contributed by atoms with Gasteiger partial charge >= 0.3 is 0 Å². The van der Waals surface area contributed by atoms with E-state index in [1.54, 1.807) is 18.2 Å². The molecule has 0 unspecified atom stereocenters. The molecule has 98 valence electrons. The maximum Gasteiger partial charge on any atom is 0.194 e. The molecule has 1 aromatic carbocycles. The van der Waals surface area contributed by atoms with Crippen molar-refractivity contribution in [1.29, 1.82) is 0 Å². The lowest BCUT2D eigenvalue weighted by Crippen LogP contribution is -2.01. The fraction of sp³-hybridized carbons (Fsp3) is 0.214. The molecule has 0 saturated carbocycles. The molecule has 19 heavy (non-hydrogen) atoms. The second-order valence-corrected chi connectivity index (χ2v) is 6.47. The molecule has 2 aromatic rings. The Morgan fingerprint density at radius 1 is 1.11 bits per heavy atom. The Hall–Kier alpha value is -1.33. The van der Waals surface area contributed by atoms with E-state index in [2.05, 4.69) is 15.9 Å². The minimum absolute atomic E-state index is 0.00223. The summed E-state index contributed by atoms with van der Waals surface area (Å²) >= 11 is 4.86. The fourth-order valence-electron chi connectivity index (χ4n) is 1.90. The van der Waals surface area contributed by atoms with Gasteiger partial charge in [0.15, 0.2) is 17.3 Å². The predicted octanol–water partition coefficient (Wildman–Crippen LogP) is 3.90. The van der Waals surface area contributed by atoms with E-state index in [0.717, 1.165) is 10.2 Å². The summed E-state index contributed by atoms with van der Waals surface area (Å²) in [5, 5.41) is 1.84. The van der Waals surface area contributed by atoms with Gasteiger partial charge in [-0.3, -0.25) is 4.79 Å². The van der Waals surface area contributed by atoms with E-state index < -0.39 is 0 Å². The zero-order valence-electron chi connectivity index (χ0n) is 10.0. The number of halogens is 1. The van der Waals surface area contributed by atoms with Crippen molar-refractivity contribution >= 4 is 33.0 Å². The van der Waals surface area contributed by atoms with Crippen molar-refractivity contribution in [3.05, 3.63) is 44.6 Å². The molecule has 1 aromatic heterocycles. The fourth-order valence-corrected chi connectivity index (χ4v) is 3.04. The number of benzene rings is 1. The van der Waals surface area contributed by atoms with Crippen molar-refractivity contribution in [2.45, 2.75) is 6.42 Å². The lowest BCUT2D eigenvalue weighted by Gasteiger charge is -2.08. The second-order valence-electron chi connectivity index (χ2n) is 4.18. The molecule has 0 fully saturated rings. The Balaban J connectivity index is 1.93. The van der Waals surface area contributed by atoms with Crippen LogP contribution < -0.4 is 9.47 Å². The van der Waals surface area contributed by atoms with E-state index in [9.17, 15) is 4.79 Å². The lowest BCUT2D eigenvalue weighted by molar-refractivity contribution is 0.103. The van der Waals surface area contributed by atoms with Gasteiger partial charge in [-0.25, -0.2) is 0 Å². The molecule has 0 N–H and O–H groups in total. The molecule has 3 nitrogen and oxygen atoms in total. The van der Waals surface area contributed by atoms with E-state index in [1.807, 2.05) is 11.4 Å². The van der Waals surface area contributed by atoms with Gasteiger partial charge in [-0.15, -0.1) is 11.3 Å². The lowest BCUT2D eigenvalue weighted by atomic mass is 10.1. The summed E-state index contributed by atoms with van der Waals surface area (Å²) < 4.78 is 12.1. The SMILES string of the molecule is O=C(c1csc(Br)c1)c1ccc2c(c1)OCCCO2. The van der Waals surface area contributed by atoms with Gasteiger partial charge in [-0.2, -0.15) is 0 Å². The number of carbonyl (C=O) groups is 1. The highest BCUT2D eigenvalue weighted by Gasteiger charge is 2.16. The van der Waals surface area contributed by atoms with Crippen LogP contribution >= 0.6 is 27.3 Å². The van der Waals surface area contributed by atoms with Gasteiger partial charge < -0.3 is 9.47 Å². The Kier molecular flexibility index (Phi) is 3.57. The standard InChI is InChI=1S/C14H11BrO3S/c15-13-7-10(8-19-13)14(16)9-2-3-11-12(6-9)18-5-1-4-17-11/h2-3,6-8H,1,4-5H2. The van der Waals surface area contributed by atoms with Crippen molar-refractivity contribution in [3.8, 4) is 11.5 Å². The molecule has 1 aliphatic heterocycles. The van der Waals surface area contributed by atoms with Gasteiger partial charge in [0.1, 0.15) is 0 Å². The van der Waals surface area contributed by atoms with Crippen LogP contribution in [0.5, 0.6) is 11.5 Å². The highest BCUT2D eigenvalue weighted by Crippen LogP contribution is 2.31. The number of fused-ring (bicyclic) bond motifs is 1. The highest BCUT2D eigenvalue weighted by molar-refractivity contribution is 9.11. The summed E-state index contributed by atoms with van der Waals surface area (Å²) in [4.78, 5) is 12.3. The normalized spacial score (nSPS) is 13.9. The van der Waals surface area contributed by atoms with Crippen molar-refractivity contribution in [2.24, 2.45) is 0 Å².